The van der Waals surface area contributed by atoms with Crippen LogP contribution in [0.5, 0.6) is 0 Å². The number of rotatable bonds is 3. The third-order valence-electron chi connectivity index (χ3n) is 1.65. The summed E-state index contributed by atoms with van der Waals surface area (Å²) >= 11 is 0. The Morgan fingerprint density at radius 3 is 2.62 bits per heavy atom. The molecule has 0 atom stereocenters. The second-order valence-corrected chi connectivity index (χ2v) is 4.33. The second kappa shape index (κ2) is 3.76. The number of hydrogen-bond donors (Lipinski definition) is 1. The molecule has 0 aliphatic heterocycles. The summed E-state index contributed by atoms with van der Waals surface area (Å²) in [4.78, 5) is 0. The normalized spacial score (nSPS) is 11.2. The van der Waals surface area contributed by atoms with Crippen molar-refractivity contribution in [1.82, 2.24) is 4.72 Å². The predicted octanol–water partition coefficient (Wildman–Crippen LogP) is 0.387. The maximum Gasteiger partial charge on any atom is 0.301 e. The highest BCUT2D eigenvalue weighted by Crippen LogP contribution is 2.12. The summed E-state index contributed by atoms with van der Waals surface area (Å²) in [7, 11) is -0.559. The van der Waals surface area contributed by atoms with Crippen molar-refractivity contribution in [2.45, 2.75) is 0 Å². The van der Waals surface area contributed by atoms with Gasteiger partial charge in [0.25, 0.3) is 0 Å². The van der Waals surface area contributed by atoms with E-state index in [1.165, 1.54) is 14.1 Å². The van der Waals surface area contributed by atoms with Gasteiger partial charge >= 0.3 is 10.2 Å². The van der Waals surface area contributed by atoms with Gasteiger partial charge in [0, 0.05) is 20.2 Å². The summed E-state index contributed by atoms with van der Waals surface area (Å²) in [6.07, 6.45) is 0. The first-order valence-electron chi connectivity index (χ1n) is 3.72. The Hall–Kier alpha value is -1.07. The van der Waals surface area contributed by atoms with Crippen molar-refractivity contribution >= 4 is 15.9 Å². The molecule has 0 aromatic heterocycles. The zero-order valence-electron chi connectivity index (χ0n) is 7.48. The van der Waals surface area contributed by atoms with Crippen LogP contribution in [-0.2, 0) is 10.2 Å². The lowest BCUT2D eigenvalue weighted by atomic mass is 10.3. The molecule has 1 aromatic rings. The maximum atomic E-state index is 11.3. The molecule has 0 saturated carbocycles. The van der Waals surface area contributed by atoms with Gasteiger partial charge in [0.15, 0.2) is 0 Å². The third kappa shape index (κ3) is 2.19. The van der Waals surface area contributed by atoms with Gasteiger partial charge in [-0.15, -0.1) is 0 Å². The summed E-state index contributed by atoms with van der Waals surface area (Å²) in [5.74, 6) is 0. The number of benzene rings is 1. The molecule has 71 valence electrons. The van der Waals surface area contributed by atoms with E-state index in [0.717, 1.165) is 4.31 Å². The van der Waals surface area contributed by atoms with Crippen LogP contribution in [0.2, 0.25) is 0 Å². The molecule has 13 heavy (non-hydrogen) atoms. The molecule has 5 heteroatoms. The van der Waals surface area contributed by atoms with Crippen molar-refractivity contribution in [3.63, 3.8) is 0 Å². The fourth-order valence-electron chi connectivity index (χ4n) is 0.846. The monoisotopic (exact) mass is 199 g/mol. The summed E-state index contributed by atoms with van der Waals surface area (Å²) in [5.41, 5.74) is 0.511. The molecule has 0 saturated heterocycles. The fraction of sp³-hybridized carbons (Fsp3) is 0.250. The summed E-state index contributed by atoms with van der Waals surface area (Å²) in [5, 5.41) is 0. The summed E-state index contributed by atoms with van der Waals surface area (Å²) in [6, 6.07) is 9.69. The Labute approximate surface area is 78.4 Å². The van der Waals surface area contributed by atoms with Crippen LogP contribution >= 0.6 is 0 Å². The first-order valence-corrected chi connectivity index (χ1v) is 5.16. The molecular formula is C8H11N2O2S. The number of nitrogens with zero attached hydrogens (tertiary/aromatic N) is 1. The minimum Gasteiger partial charge on any atom is -0.260 e. The van der Waals surface area contributed by atoms with E-state index in [0.29, 0.717) is 5.69 Å². The topological polar surface area (TPSA) is 49.4 Å². The van der Waals surface area contributed by atoms with Crippen LogP contribution in [-0.4, -0.2) is 22.5 Å². The summed E-state index contributed by atoms with van der Waals surface area (Å²) < 4.78 is 25.9. The van der Waals surface area contributed by atoms with E-state index in [2.05, 4.69) is 10.8 Å². The third-order valence-corrected chi connectivity index (χ3v) is 3.08. The first-order chi connectivity index (χ1) is 6.08. The van der Waals surface area contributed by atoms with Gasteiger partial charge in [0.05, 0.1) is 5.69 Å². The number of nitrogens with one attached hydrogen (secondary N) is 1. The van der Waals surface area contributed by atoms with Crippen molar-refractivity contribution in [2.75, 3.05) is 18.4 Å². The van der Waals surface area contributed by atoms with E-state index >= 15 is 0 Å². The molecule has 0 aliphatic rings. The minimum atomic E-state index is -3.40. The zero-order valence-corrected chi connectivity index (χ0v) is 8.30. The van der Waals surface area contributed by atoms with Crippen LogP contribution in [0.4, 0.5) is 5.69 Å². The average molecular weight is 199 g/mol. The molecule has 0 unspecified atom stereocenters. The van der Waals surface area contributed by atoms with Crippen molar-refractivity contribution < 1.29 is 8.42 Å². The van der Waals surface area contributed by atoms with Crippen molar-refractivity contribution in [3.8, 4) is 0 Å². The number of para-hydroxylation sites is 1. The van der Waals surface area contributed by atoms with Gasteiger partial charge < -0.3 is 0 Å². The Balaban J connectivity index is 2.99. The lowest BCUT2D eigenvalue weighted by molar-refractivity contribution is 0.586. The van der Waals surface area contributed by atoms with Crippen molar-refractivity contribution in [1.29, 1.82) is 0 Å². The SMILES string of the molecule is CNS(=O)(=O)N(C)c1[c]cccc1. The van der Waals surface area contributed by atoms with Crippen LogP contribution < -0.4 is 9.03 Å². The van der Waals surface area contributed by atoms with Gasteiger partial charge in [0.2, 0.25) is 0 Å². The van der Waals surface area contributed by atoms with E-state index in [9.17, 15) is 8.42 Å². The Morgan fingerprint density at radius 1 is 1.46 bits per heavy atom. The van der Waals surface area contributed by atoms with E-state index in [1.54, 1.807) is 24.3 Å². The Bertz CT molecular complexity index is 361. The largest absolute Gasteiger partial charge is 0.301 e. The molecule has 0 heterocycles. The molecule has 1 N–H and O–H groups in total. The quantitative estimate of drug-likeness (QED) is 0.765. The van der Waals surface area contributed by atoms with E-state index in [1.807, 2.05) is 0 Å². The minimum absolute atomic E-state index is 0.511. The lowest BCUT2D eigenvalue weighted by Gasteiger charge is -2.17. The van der Waals surface area contributed by atoms with Crippen LogP contribution in [0.15, 0.2) is 24.3 Å². The van der Waals surface area contributed by atoms with E-state index in [-0.39, 0.29) is 0 Å². The number of anilines is 1. The molecule has 0 bridgehead atoms. The molecule has 0 fully saturated rings. The molecular weight excluding hydrogens is 188 g/mol. The van der Waals surface area contributed by atoms with Gasteiger partial charge in [-0.1, -0.05) is 18.2 Å². The second-order valence-electron chi connectivity index (χ2n) is 2.42. The zero-order chi connectivity index (χ0) is 9.90. The fourth-order valence-corrected chi connectivity index (χ4v) is 1.49. The van der Waals surface area contributed by atoms with Gasteiger partial charge in [-0.2, -0.15) is 8.42 Å². The van der Waals surface area contributed by atoms with Crippen LogP contribution in [0.25, 0.3) is 0 Å². The van der Waals surface area contributed by atoms with Crippen molar-refractivity contribution in [3.05, 3.63) is 30.3 Å². The molecule has 1 rings (SSSR count). The van der Waals surface area contributed by atoms with Gasteiger partial charge in [-0.3, -0.25) is 4.31 Å². The predicted molar refractivity (Wildman–Crippen MR) is 51.7 cm³/mol. The highest BCUT2D eigenvalue weighted by molar-refractivity contribution is 7.90. The van der Waals surface area contributed by atoms with E-state index < -0.39 is 10.2 Å². The van der Waals surface area contributed by atoms with Crippen LogP contribution in [0, 0.1) is 6.07 Å². The maximum absolute atomic E-state index is 11.3. The molecule has 0 amide bonds. The highest BCUT2D eigenvalue weighted by Gasteiger charge is 2.14. The molecule has 0 spiro atoms. The standard InChI is InChI=1S/C8H11N2O2S/c1-9-13(11,12)10(2)8-6-4-3-5-7-8/h3-6,9H,1-2H3. The van der Waals surface area contributed by atoms with Crippen molar-refractivity contribution in [2.24, 2.45) is 0 Å². The molecule has 4 nitrogen and oxygen atoms in total. The molecule has 0 aliphatic carbocycles. The highest BCUT2D eigenvalue weighted by atomic mass is 32.2. The smallest absolute Gasteiger partial charge is 0.260 e. The van der Waals surface area contributed by atoms with E-state index in [4.69, 9.17) is 0 Å². The van der Waals surface area contributed by atoms with Gasteiger partial charge in [-0.05, 0) is 6.07 Å². The average Bonchev–Trinajstić information content (AvgIpc) is 2.18. The lowest BCUT2D eigenvalue weighted by Crippen LogP contribution is -2.35. The molecule has 1 aromatic carbocycles. The van der Waals surface area contributed by atoms with Gasteiger partial charge in [-0.25, -0.2) is 4.72 Å². The van der Waals surface area contributed by atoms with Crippen LogP contribution in [0.3, 0.4) is 0 Å². The number of hydrogen-bond acceptors (Lipinski definition) is 2. The Morgan fingerprint density at radius 2 is 2.15 bits per heavy atom. The Kier molecular flexibility index (Phi) is 2.90. The summed E-state index contributed by atoms with van der Waals surface area (Å²) in [6.45, 7) is 0. The van der Waals surface area contributed by atoms with Gasteiger partial charge in [0.1, 0.15) is 0 Å². The van der Waals surface area contributed by atoms with Crippen LogP contribution in [0.1, 0.15) is 0 Å². The molecule has 1 radical (unpaired) electrons. The first kappa shape index (κ1) is 10.0.